The fourth-order valence-electron chi connectivity index (χ4n) is 3.15. The number of rotatable bonds is 6. The minimum absolute atomic E-state index is 0.267. The van der Waals surface area contributed by atoms with Crippen LogP contribution < -0.4 is 10.2 Å². The Labute approximate surface area is 179 Å². The molecule has 0 saturated heterocycles. The number of aromatic nitrogens is 1. The number of nitrogens with one attached hydrogen (secondary N) is 1. The van der Waals surface area contributed by atoms with Crippen molar-refractivity contribution in [3.63, 3.8) is 0 Å². The van der Waals surface area contributed by atoms with Crippen LogP contribution in [-0.4, -0.2) is 22.9 Å². The first-order chi connectivity index (χ1) is 14.6. The minimum atomic E-state index is -0.267. The Morgan fingerprint density at radius 3 is 2.50 bits per heavy atom. The zero-order valence-corrected chi connectivity index (χ0v) is 17.5. The van der Waals surface area contributed by atoms with Crippen molar-refractivity contribution in [3.05, 3.63) is 90.1 Å². The number of amides is 1. The molecule has 6 heteroatoms. The molecule has 0 atom stereocenters. The fraction of sp³-hybridized carbons (Fsp3) is 0.0833. The number of carbonyl (C=O) groups excluding carboxylic acids is 1. The molecule has 0 saturated carbocycles. The normalized spacial score (nSPS) is 11.1. The summed E-state index contributed by atoms with van der Waals surface area (Å²) in [5.41, 5.74) is 5.00. The summed E-state index contributed by atoms with van der Waals surface area (Å²) < 4.78 is 7.74. The van der Waals surface area contributed by atoms with Gasteiger partial charge in [0.25, 0.3) is 5.91 Å². The molecule has 0 aliphatic heterocycles. The second-order valence-electron chi connectivity index (χ2n) is 6.70. The molecule has 4 rings (SSSR count). The third-order valence-corrected chi connectivity index (χ3v) is 5.46. The van der Waals surface area contributed by atoms with Gasteiger partial charge in [-0.1, -0.05) is 30.3 Å². The summed E-state index contributed by atoms with van der Waals surface area (Å²) in [6.45, 7) is 0. The molecular formula is C24H21N3O2S. The number of benzene rings is 3. The van der Waals surface area contributed by atoms with E-state index in [1.807, 2.05) is 96.7 Å². The summed E-state index contributed by atoms with van der Waals surface area (Å²) in [4.78, 5) is 13.8. The Kier molecular flexibility index (Phi) is 5.86. The molecule has 0 aliphatic rings. The van der Waals surface area contributed by atoms with Crippen molar-refractivity contribution >= 4 is 34.8 Å². The summed E-state index contributed by atoms with van der Waals surface area (Å²) in [6.07, 6.45) is 3.67. The van der Waals surface area contributed by atoms with Crippen molar-refractivity contribution in [2.75, 3.05) is 6.26 Å². The van der Waals surface area contributed by atoms with Crippen molar-refractivity contribution < 1.29 is 9.53 Å². The van der Waals surface area contributed by atoms with Gasteiger partial charge in [0.2, 0.25) is 0 Å². The number of hydrazone groups is 1. The molecule has 3 aromatic carbocycles. The van der Waals surface area contributed by atoms with Gasteiger partial charge in [-0.15, -0.1) is 11.8 Å². The van der Waals surface area contributed by atoms with E-state index < -0.39 is 0 Å². The number of hydrogen-bond donors (Lipinski definition) is 1. The minimum Gasteiger partial charge on any atom is -0.457 e. The molecule has 0 radical (unpaired) electrons. The number of ether oxygens (including phenoxy) is 1. The van der Waals surface area contributed by atoms with Gasteiger partial charge in [0.1, 0.15) is 17.2 Å². The lowest BCUT2D eigenvalue weighted by molar-refractivity contribution is 0.0947. The molecule has 5 nitrogen and oxygen atoms in total. The van der Waals surface area contributed by atoms with E-state index in [1.165, 1.54) is 4.90 Å². The molecule has 1 heterocycles. The van der Waals surface area contributed by atoms with Crippen LogP contribution in [0.3, 0.4) is 0 Å². The van der Waals surface area contributed by atoms with Crippen molar-refractivity contribution in [1.82, 2.24) is 9.99 Å². The van der Waals surface area contributed by atoms with Crippen LogP contribution in [0.2, 0.25) is 0 Å². The maximum absolute atomic E-state index is 12.6. The largest absolute Gasteiger partial charge is 0.457 e. The highest BCUT2D eigenvalue weighted by molar-refractivity contribution is 7.98. The van der Waals surface area contributed by atoms with Crippen LogP contribution in [0.5, 0.6) is 11.5 Å². The molecule has 4 aromatic rings. The van der Waals surface area contributed by atoms with Crippen LogP contribution in [0, 0.1) is 0 Å². The monoisotopic (exact) mass is 415 g/mol. The smallest absolute Gasteiger partial charge is 0.287 e. The maximum atomic E-state index is 12.6. The third-order valence-electron chi connectivity index (χ3n) is 4.72. The second kappa shape index (κ2) is 8.88. The zero-order chi connectivity index (χ0) is 20.9. The standard InChI is InChI=1S/C24H21N3O2S/c1-27-22-13-10-20(29-19-6-4-3-5-7-19)14-18(22)15-23(27)24(28)26-25-16-17-8-11-21(30-2)12-9-17/h3-16H,1-2H3,(H,26,28)/b25-16+. The number of aryl methyl sites for hydroxylation is 1. The number of para-hydroxylation sites is 1. The molecule has 150 valence electrons. The van der Waals surface area contributed by atoms with Gasteiger partial charge in [0.15, 0.2) is 0 Å². The summed E-state index contributed by atoms with van der Waals surface area (Å²) in [6, 6.07) is 25.2. The highest BCUT2D eigenvalue weighted by Crippen LogP contribution is 2.27. The Balaban J connectivity index is 1.49. The molecule has 0 spiro atoms. The number of fused-ring (bicyclic) bond motifs is 1. The van der Waals surface area contributed by atoms with Gasteiger partial charge in [-0.25, -0.2) is 5.43 Å². The van der Waals surface area contributed by atoms with E-state index >= 15 is 0 Å². The van der Waals surface area contributed by atoms with Crippen molar-refractivity contribution in [2.45, 2.75) is 4.90 Å². The first kappa shape index (κ1) is 19.8. The number of carbonyl (C=O) groups is 1. The van der Waals surface area contributed by atoms with Gasteiger partial charge >= 0.3 is 0 Å². The van der Waals surface area contributed by atoms with E-state index in [-0.39, 0.29) is 5.91 Å². The molecule has 1 N–H and O–H groups in total. The van der Waals surface area contributed by atoms with Crippen LogP contribution in [0.25, 0.3) is 10.9 Å². The van der Waals surface area contributed by atoms with Crippen LogP contribution >= 0.6 is 11.8 Å². The number of hydrogen-bond acceptors (Lipinski definition) is 4. The Bertz CT molecular complexity index is 1200. The van der Waals surface area contributed by atoms with Crippen molar-refractivity contribution in [3.8, 4) is 11.5 Å². The zero-order valence-electron chi connectivity index (χ0n) is 16.7. The van der Waals surface area contributed by atoms with Crippen molar-refractivity contribution in [2.24, 2.45) is 12.1 Å². The van der Waals surface area contributed by atoms with E-state index in [2.05, 4.69) is 10.5 Å². The number of nitrogens with zero attached hydrogens (tertiary/aromatic N) is 2. The highest BCUT2D eigenvalue weighted by Gasteiger charge is 2.13. The van der Waals surface area contributed by atoms with Gasteiger partial charge in [-0.3, -0.25) is 4.79 Å². The summed E-state index contributed by atoms with van der Waals surface area (Å²) in [7, 11) is 1.86. The van der Waals surface area contributed by atoms with E-state index in [1.54, 1.807) is 18.0 Å². The lowest BCUT2D eigenvalue weighted by atomic mass is 10.2. The molecule has 0 aliphatic carbocycles. The number of thioether (sulfide) groups is 1. The molecule has 0 fully saturated rings. The fourth-order valence-corrected chi connectivity index (χ4v) is 3.55. The Hall–Kier alpha value is -3.51. The van der Waals surface area contributed by atoms with Gasteiger partial charge < -0.3 is 9.30 Å². The lowest BCUT2D eigenvalue weighted by Gasteiger charge is -2.06. The van der Waals surface area contributed by atoms with Crippen LogP contribution in [0.1, 0.15) is 16.1 Å². The molecular weight excluding hydrogens is 394 g/mol. The summed E-state index contributed by atoms with van der Waals surface area (Å²) in [5.74, 6) is 1.22. The average molecular weight is 416 g/mol. The predicted molar refractivity (Wildman–Crippen MR) is 123 cm³/mol. The SMILES string of the molecule is CSc1ccc(/C=N/NC(=O)c2cc3cc(Oc4ccccc4)ccc3n2C)cc1. The molecule has 1 amide bonds. The van der Waals surface area contributed by atoms with E-state index in [0.717, 1.165) is 28.0 Å². The van der Waals surface area contributed by atoms with Crippen LogP contribution in [-0.2, 0) is 7.05 Å². The maximum Gasteiger partial charge on any atom is 0.287 e. The van der Waals surface area contributed by atoms with Gasteiger partial charge in [-0.05, 0) is 60.4 Å². The highest BCUT2D eigenvalue weighted by atomic mass is 32.2. The first-order valence-electron chi connectivity index (χ1n) is 9.44. The first-order valence-corrected chi connectivity index (χ1v) is 10.7. The Morgan fingerprint density at radius 1 is 1.00 bits per heavy atom. The average Bonchev–Trinajstić information content (AvgIpc) is 3.11. The molecule has 0 bridgehead atoms. The predicted octanol–water partition coefficient (Wildman–Crippen LogP) is 5.46. The van der Waals surface area contributed by atoms with Gasteiger partial charge in [0.05, 0.1) is 6.21 Å². The van der Waals surface area contributed by atoms with Gasteiger partial charge in [0, 0.05) is 22.8 Å². The summed E-state index contributed by atoms with van der Waals surface area (Å²) >= 11 is 1.68. The topological polar surface area (TPSA) is 55.6 Å². The van der Waals surface area contributed by atoms with Gasteiger partial charge in [-0.2, -0.15) is 5.10 Å². The molecule has 1 aromatic heterocycles. The second-order valence-corrected chi connectivity index (χ2v) is 7.58. The van der Waals surface area contributed by atoms with E-state index in [9.17, 15) is 4.79 Å². The molecule has 30 heavy (non-hydrogen) atoms. The Morgan fingerprint density at radius 2 is 1.77 bits per heavy atom. The molecule has 0 unspecified atom stereocenters. The quantitative estimate of drug-likeness (QED) is 0.259. The van der Waals surface area contributed by atoms with Crippen molar-refractivity contribution in [1.29, 1.82) is 0 Å². The van der Waals surface area contributed by atoms with E-state index in [0.29, 0.717) is 5.69 Å². The lowest BCUT2D eigenvalue weighted by Crippen LogP contribution is -2.20. The third kappa shape index (κ3) is 4.39. The van der Waals surface area contributed by atoms with Crippen LogP contribution in [0.15, 0.2) is 88.9 Å². The summed E-state index contributed by atoms with van der Waals surface area (Å²) in [5, 5.41) is 5.01. The van der Waals surface area contributed by atoms with E-state index in [4.69, 9.17) is 4.74 Å². The van der Waals surface area contributed by atoms with Crippen LogP contribution in [0.4, 0.5) is 0 Å².